The van der Waals surface area contributed by atoms with E-state index in [0.717, 1.165) is 0 Å². The Kier molecular flexibility index (Phi) is 4.39. The third-order valence-corrected chi connectivity index (χ3v) is 3.99. The number of thiophene rings is 1. The Morgan fingerprint density at radius 2 is 2.25 bits per heavy atom. The van der Waals surface area contributed by atoms with Gasteiger partial charge in [0.25, 0.3) is 5.91 Å². The van der Waals surface area contributed by atoms with Gasteiger partial charge in [-0.05, 0) is 38.3 Å². The Morgan fingerprint density at radius 3 is 2.85 bits per heavy atom. The smallest absolute Gasteiger partial charge is 0.256 e. The number of carbonyl (C=O) groups excluding carboxylic acids is 1. The van der Waals surface area contributed by atoms with Gasteiger partial charge < -0.3 is 10.6 Å². The Hall–Kier alpha value is -1.88. The molecule has 5 heteroatoms. The summed E-state index contributed by atoms with van der Waals surface area (Å²) in [6, 6.07) is 5.85. The quantitative estimate of drug-likeness (QED) is 0.941. The number of aryl methyl sites for hydroxylation is 1. The number of amides is 1. The predicted molar refractivity (Wildman–Crippen MR) is 82.7 cm³/mol. The minimum absolute atomic E-state index is 0.0225. The average Bonchev–Trinajstić information content (AvgIpc) is 2.90. The van der Waals surface area contributed by atoms with Crippen LogP contribution >= 0.6 is 11.3 Å². The minimum Gasteiger partial charge on any atom is -0.397 e. The molecule has 2 N–H and O–H groups in total. The molecule has 2 aromatic rings. The van der Waals surface area contributed by atoms with E-state index in [9.17, 15) is 4.79 Å². The van der Waals surface area contributed by atoms with Gasteiger partial charge in [-0.3, -0.25) is 9.78 Å². The molecular weight excluding hydrogens is 270 g/mol. The second kappa shape index (κ2) is 6.05. The van der Waals surface area contributed by atoms with Gasteiger partial charge in [0, 0.05) is 10.9 Å². The summed E-state index contributed by atoms with van der Waals surface area (Å²) < 4.78 is 0. The van der Waals surface area contributed by atoms with Crippen molar-refractivity contribution in [2.45, 2.75) is 33.4 Å². The van der Waals surface area contributed by atoms with E-state index in [4.69, 9.17) is 5.73 Å². The summed E-state index contributed by atoms with van der Waals surface area (Å²) in [5, 5.41) is 2.02. The zero-order valence-corrected chi connectivity index (χ0v) is 12.8. The van der Waals surface area contributed by atoms with Gasteiger partial charge in [0.1, 0.15) is 0 Å². The van der Waals surface area contributed by atoms with E-state index in [-0.39, 0.29) is 11.9 Å². The van der Waals surface area contributed by atoms with Crippen LogP contribution in [-0.4, -0.2) is 21.8 Å². The number of aromatic nitrogens is 1. The van der Waals surface area contributed by atoms with Crippen molar-refractivity contribution in [3.05, 3.63) is 45.9 Å². The largest absolute Gasteiger partial charge is 0.397 e. The van der Waals surface area contributed by atoms with Crippen molar-refractivity contribution < 1.29 is 4.79 Å². The fourth-order valence-electron chi connectivity index (χ4n) is 1.98. The first-order valence-electron chi connectivity index (χ1n) is 6.54. The number of nitrogens with zero attached hydrogens (tertiary/aromatic N) is 2. The molecular formula is C15H19N3OS. The lowest BCUT2D eigenvalue weighted by Crippen LogP contribution is -2.36. The molecule has 106 valence electrons. The maximum Gasteiger partial charge on any atom is 0.256 e. The van der Waals surface area contributed by atoms with Gasteiger partial charge in [0.2, 0.25) is 0 Å². The third kappa shape index (κ3) is 3.17. The van der Waals surface area contributed by atoms with Crippen LogP contribution < -0.4 is 5.73 Å². The van der Waals surface area contributed by atoms with Crippen LogP contribution in [0.2, 0.25) is 0 Å². The highest BCUT2D eigenvalue weighted by molar-refractivity contribution is 7.09. The number of nitrogen functional groups attached to an aromatic ring is 1. The maximum absolute atomic E-state index is 12.7. The molecule has 2 rings (SSSR count). The van der Waals surface area contributed by atoms with Crippen LogP contribution in [0.5, 0.6) is 0 Å². The van der Waals surface area contributed by atoms with E-state index < -0.39 is 0 Å². The number of nitrogens with two attached hydrogens (primary N) is 1. The minimum atomic E-state index is -0.0225. The van der Waals surface area contributed by atoms with Crippen LogP contribution in [-0.2, 0) is 6.54 Å². The third-order valence-electron chi connectivity index (χ3n) is 3.13. The Morgan fingerprint density at radius 1 is 1.50 bits per heavy atom. The highest BCUT2D eigenvalue weighted by Crippen LogP contribution is 2.19. The molecule has 0 fully saturated rings. The summed E-state index contributed by atoms with van der Waals surface area (Å²) in [6.45, 7) is 6.47. The van der Waals surface area contributed by atoms with Crippen molar-refractivity contribution in [1.82, 2.24) is 9.88 Å². The predicted octanol–water partition coefficient (Wildman–Crippen LogP) is 3.08. The van der Waals surface area contributed by atoms with Crippen LogP contribution in [0.25, 0.3) is 0 Å². The zero-order chi connectivity index (χ0) is 14.7. The maximum atomic E-state index is 12.7. The molecule has 0 spiro atoms. The van der Waals surface area contributed by atoms with Crippen LogP contribution in [0.15, 0.2) is 29.8 Å². The second-order valence-electron chi connectivity index (χ2n) is 5.01. The number of rotatable bonds is 4. The summed E-state index contributed by atoms with van der Waals surface area (Å²) in [6.07, 6.45) is 1.57. The molecule has 1 amide bonds. The van der Waals surface area contributed by atoms with Crippen LogP contribution in [0.4, 0.5) is 5.69 Å². The molecule has 0 atom stereocenters. The second-order valence-corrected chi connectivity index (χ2v) is 6.04. The molecule has 0 saturated heterocycles. The fourth-order valence-corrected chi connectivity index (χ4v) is 2.68. The molecule has 0 aliphatic rings. The summed E-state index contributed by atoms with van der Waals surface area (Å²) in [5.41, 5.74) is 7.55. The normalized spacial score (nSPS) is 10.8. The highest BCUT2D eigenvalue weighted by Gasteiger charge is 2.21. The Balaban J connectivity index is 2.29. The molecule has 0 bridgehead atoms. The first kappa shape index (κ1) is 14.5. The molecule has 2 aromatic heterocycles. The number of anilines is 1. The monoisotopic (exact) mass is 289 g/mol. The summed E-state index contributed by atoms with van der Waals surface area (Å²) >= 11 is 1.65. The lowest BCUT2D eigenvalue weighted by molar-refractivity contribution is 0.0691. The fraction of sp³-hybridized carbons (Fsp3) is 0.333. The summed E-state index contributed by atoms with van der Waals surface area (Å²) in [5.74, 6) is -0.0225. The number of hydrogen-bond acceptors (Lipinski definition) is 4. The Labute approximate surface area is 123 Å². The van der Waals surface area contributed by atoms with Gasteiger partial charge in [-0.25, -0.2) is 0 Å². The first-order valence-corrected chi connectivity index (χ1v) is 7.42. The van der Waals surface area contributed by atoms with Gasteiger partial charge >= 0.3 is 0 Å². The van der Waals surface area contributed by atoms with E-state index in [0.29, 0.717) is 23.5 Å². The summed E-state index contributed by atoms with van der Waals surface area (Å²) in [7, 11) is 0. The van der Waals surface area contributed by atoms with Crippen molar-refractivity contribution in [3.8, 4) is 0 Å². The lowest BCUT2D eigenvalue weighted by atomic mass is 10.1. The first-order chi connectivity index (χ1) is 9.49. The van der Waals surface area contributed by atoms with E-state index >= 15 is 0 Å². The average molecular weight is 289 g/mol. The molecule has 2 heterocycles. The van der Waals surface area contributed by atoms with Gasteiger partial charge in [-0.15, -0.1) is 11.3 Å². The van der Waals surface area contributed by atoms with E-state index in [1.165, 1.54) is 4.88 Å². The molecule has 0 aliphatic heterocycles. The molecule has 0 aromatic carbocycles. The number of carbonyl (C=O) groups is 1. The summed E-state index contributed by atoms with van der Waals surface area (Å²) in [4.78, 5) is 19.9. The van der Waals surface area contributed by atoms with Crippen LogP contribution in [0.1, 0.15) is 34.8 Å². The van der Waals surface area contributed by atoms with E-state index in [1.807, 2.05) is 43.2 Å². The SMILES string of the molecule is Cc1ncc(N)cc1C(=O)N(Cc1cccs1)C(C)C. The van der Waals surface area contributed by atoms with Crippen molar-refractivity contribution in [3.63, 3.8) is 0 Å². The molecule has 0 saturated carbocycles. The van der Waals surface area contributed by atoms with Crippen molar-refractivity contribution in [1.29, 1.82) is 0 Å². The van der Waals surface area contributed by atoms with Crippen LogP contribution in [0.3, 0.4) is 0 Å². The van der Waals surface area contributed by atoms with Crippen LogP contribution in [0, 0.1) is 6.92 Å². The van der Waals surface area contributed by atoms with Crippen molar-refractivity contribution >= 4 is 22.9 Å². The van der Waals surface area contributed by atoms with Gasteiger partial charge in [0.15, 0.2) is 0 Å². The Bertz CT molecular complexity index is 593. The van der Waals surface area contributed by atoms with Gasteiger partial charge in [-0.2, -0.15) is 0 Å². The van der Waals surface area contributed by atoms with Gasteiger partial charge in [-0.1, -0.05) is 6.07 Å². The zero-order valence-electron chi connectivity index (χ0n) is 12.0. The molecule has 0 unspecified atom stereocenters. The molecule has 20 heavy (non-hydrogen) atoms. The van der Waals surface area contributed by atoms with E-state index in [2.05, 4.69) is 4.98 Å². The van der Waals surface area contributed by atoms with E-state index in [1.54, 1.807) is 23.6 Å². The molecule has 4 nitrogen and oxygen atoms in total. The van der Waals surface area contributed by atoms with Crippen molar-refractivity contribution in [2.24, 2.45) is 0 Å². The highest BCUT2D eigenvalue weighted by atomic mass is 32.1. The topological polar surface area (TPSA) is 59.2 Å². The standard InChI is InChI=1S/C15H19N3OS/c1-10(2)18(9-13-5-4-6-20-13)15(19)14-7-12(16)8-17-11(14)3/h4-8,10H,9,16H2,1-3H3. The number of pyridine rings is 1. The lowest BCUT2D eigenvalue weighted by Gasteiger charge is -2.27. The van der Waals surface area contributed by atoms with Crippen molar-refractivity contribution in [2.75, 3.05) is 5.73 Å². The number of hydrogen-bond donors (Lipinski definition) is 1. The molecule has 0 radical (unpaired) electrons. The van der Waals surface area contributed by atoms with Gasteiger partial charge in [0.05, 0.1) is 29.7 Å². The molecule has 0 aliphatic carbocycles.